The topological polar surface area (TPSA) is 3.24 Å². The molecule has 0 aliphatic carbocycles. The highest BCUT2D eigenvalue weighted by Crippen LogP contribution is 2.36. The highest BCUT2D eigenvalue weighted by atomic mass is 15.1. The van der Waals surface area contributed by atoms with E-state index in [1.165, 1.54) is 5.57 Å². The van der Waals surface area contributed by atoms with E-state index in [0.717, 1.165) is 6.54 Å². The fraction of sp³-hybridized carbons (Fsp3) is 0.647. The molecule has 106 valence electrons. The van der Waals surface area contributed by atoms with Gasteiger partial charge in [0.2, 0.25) is 0 Å². The lowest BCUT2D eigenvalue weighted by molar-refractivity contribution is 0.222. The molecule has 0 aromatic carbocycles. The molecule has 0 amide bonds. The maximum absolute atomic E-state index is 3.80. The summed E-state index contributed by atoms with van der Waals surface area (Å²) in [5.41, 5.74) is 1.52. The molecule has 0 heterocycles. The van der Waals surface area contributed by atoms with Crippen molar-refractivity contribution in [1.29, 1.82) is 0 Å². The van der Waals surface area contributed by atoms with Gasteiger partial charge in [0.1, 0.15) is 0 Å². The van der Waals surface area contributed by atoms with Crippen LogP contribution >= 0.6 is 0 Å². The van der Waals surface area contributed by atoms with Gasteiger partial charge in [0, 0.05) is 6.54 Å². The zero-order valence-electron chi connectivity index (χ0n) is 13.7. The van der Waals surface area contributed by atoms with Gasteiger partial charge in [-0.05, 0) is 37.9 Å². The molecule has 0 aliphatic rings. The van der Waals surface area contributed by atoms with E-state index in [1.54, 1.807) is 0 Å². The summed E-state index contributed by atoms with van der Waals surface area (Å²) >= 11 is 0. The van der Waals surface area contributed by atoms with Crippen molar-refractivity contribution in [2.24, 2.45) is 11.3 Å². The predicted molar refractivity (Wildman–Crippen MR) is 85.9 cm³/mol. The summed E-state index contributed by atoms with van der Waals surface area (Å²) < 4.78 is 0. The molecule has 1 atom stereocenters. The Balaban J connectivity index is 0. The van der Waals surface area contributed by atoms with E-state index in [2.05, 4.69) is 71.5 Å². The second-order valence-electron chi connectivity index (χ2n) is 5.24. The highest BCUT2D eigenvalue weighted by molar-refractivity contribution is 5.29. The first-order chi connectivity index (χ1) is 8.36. The van der Waals surface area contributed by atoms with Crippen LogP contribution in [0.25, 0.3) is 0 Å². The average Bonchev–Trinajstić information content (AvgIpc) is 2.30. The van der Waals surface area contributed by atoms with Gasteiger partial charge in [-0.2, -0.15) is 0 Å². The third-order valence-corrected chi connectivity index (χ3v) is 3.26. The standard InChI is InChI=1S/C15H27N.C2H6/c1-8-10-14(11-9-2)15(4,5)13(3)12-16(6)7;1-2/h8-11,13H,1,12H2,2-7H3;1-2H3/b11-9-,14-10+;. The van der Waals surface area contributed by atoms with E-state index in [-0.39, 0.29) is 5.41 Å². The van der Waals surface area contributed by atoms with Gasteiger partial charge in [-0.15, -0.1) is 0 Å². The van der Waals surface area contributed by atoms with Crippen LogP contribution in [0.15, 0.2) is 36.5 Å². The van der Waals surface area contributed by atoms with Crippen molar-refractivity contribution < 1.29 is 0 Å². The number of nitrogens with zero attached hydrogens (tertiary/aromatic N) is 1. The number of hydrogen-bond donors (Lipinski definition) is 0. The molecular weight excluding hydrogens is 218 g/mol. The van der Waals surface area contributed by atoms with E-state index in [0.29, 0.717) is 5.92 Å². The fourth-order valence-electron chi connectivity index (χ4n) is 1.85. The Kier molecular flexibility index (Phi) is 11.0. The van der Waals surface area contributed by atoms with Crippen molar-refractivity contribution in [2.45, 2.75) is 41.5 Å². The molecule has 1 unspecified atom stereocenters. The minimum absolute atomic E-state index is 0.172. The van der Waals surface area contributed by atoms with Crippen LogP contribution in [0.2, 0.25) is 0 Å². The van der Waals surface area contributed by atoms with E-state index in [4.69, 9.17) is 0 Å². The SMILES string of the molecule is C=C/C=C(\C=C/C)C(C)(C)C(C)CN(C)C.CC. The van der Waals surface area contributed by atoms with Crippen LogP contribution in [0.3, 0.4) is 0 Å². The molecule has 0 rings (SSSR count). The Morgan fingerprint density at radius 3 is 2.11 bits per heavy atom. The van der Waals surface area contributed by atoms with E-state index in [9.17, 15) is 0 Å². The zero-order valence-corrected chi connectivity index (χ0v) is 13.7. The predicted octanol–water partition coefficient (Wildman–Crippen LogP) is 4.93. The van der Waals surface area contributed by atoms with Gasteiger partial charge in [0.15, 0.2) is 0 Å². The lowest BCUT2D eigenvalue weighted by atomic mass is 9.73. The summed E-state index contributed by atoms with van der Waals surface area (Å²) in [5.74, 6) is 0.602. The second kappa shape index (κ2) is 10.1. The molecule has 0 aliphatic heterocycles. The Bertz CT molecular complexity index is 269. The van der Waals surface area contributed by atoms with Gasteiger partial charge in [0.25, 0.3) is 0 Å². The Hall–Kier alpha value is -0.820. The summed E-state index contributed by atoms with van der Waals surface area (Å²) in [5, 5.41) is 0. The summed E-state index contributed by atoms with van der Waals surface area (Å²) in [4.78, 5) is 2.24. The van der Waals surface area contributed by atoms with Crippen LogP contribution in [0.4, 0.5) is 0 Å². The normalized spacial score (nSPS) is 14.4. The van der Waals surface area contributed by atoms with Crippen LogP contribution in [-0.4, -0.2) is 25.5 Å². The molecule has 1 nitrogen and oxygen atoms in total. The van der Waals surface area contributed by atoms with E-state index in [1.807, 2.05) is 19.9 Å². The molecule has 0 radical (unpaired) electrons. The molecule has 0 bridgehead atoms. The Morgan fingerprint density at radius 2 is 1.78 bits per heavy atom. The molecule has 0 saturated carbocycles. The zero-order chi connectivity index (χ0) is 14.8. The van der Waals surface area contributed by atoms with Gasteiger partial charge in [-0.3, -0.25) is 0 Å². The summed E-state index contributed by atoms with van der Waals surface area (Å²) in [7, 11) is 4.25. The van der Waals surface area contributed by atoms with Crippen molar-refractivity contribution in [3.05, 3.63) is 36.5 Å². The number of rotatable bonds is 6. The number of allylic oxidation sites excluding steroid dienone is 5. The second-order valence-corrected chi connectivity index (χ2v) is 5.24. The molecule has 18 heavy (non-hydrogen) atoms. The highest BCUT2D eigenvalue weighted by Gasteiger charge is 2.28. The molecule has 0 aromatic rings. The first-order valence-electron chi connectivity index (χ1n) is 6.96. The number of hydrogen-bond acceptors (Lipinski definition) is 1. The molecule has 0 saturated heterocycles. The molecule has 0 N–H and O–H groups in total. The third kappa shape index (κ3) is 6.80. The quantitative estimate of drug-likeness (QED) is 0.605. The molecule has 1 heteroatoms. The summed E-state index contributed by atoms with van der Waals surface area (Å²) in [6.45, 7) is 17.9. The van der Waals surface area contributed by atoms with Crippen LogP contribution in [-0.2, 0) is 0 Å². The van der Waals surface area contributed by atoms with Crippen LogP contribution < -0.4 is 0 Å². The maximum atomic E-state index is 3.80. The molecule has 0 aromatic heterocycles. The van der Waals surface area contributed by atoms with Crippen molar-refractivity contribution >= 4 is 0 Å². The fourth-order valence-corrected chi connectivity index (χ4v) is 1.85. The Labute approximate surface area is 115 Å². The average molecular weight is 251 g/mol. The third-order valence-electron chi connectivity index (χ3n) is 3.26. The minimum Gasteiger partial charge on any atom is -0.309 e. The summed E-state index contributed by atoms with van der Waals surface area (Å²) in [6.07, 6.45) is 8.28. The minimum atomic E-state index is 0.172. The van der Waals surface area contributed by atoms with Gasteiger partial charge < -0.3 is 4.90 Å². The smallest absolute Gasteiger partial charge is 0.000923 e. The lowest BCUT2D eigenvalue weighted by Gasteiger charge is -2.35. The van der Waals surface area contributed by atoms with Crippen molar-refractivity contribution in [3.63, 3.8) is 0 Å². The van der Waals surface area contributed by atoms with Crippen molar-refractivity contribution in [2.75, 3.05) is 20.6 Å². The molecule has 0 spiro atoms. The molecule has 0 fully saturated rings. The van der Waals surface area contributed by atoms with Crippen LogP contribution in [0.5, 0.6) is 0 Å². The van der Waals surface area contributed by atoms with E-state index < -0.39 is 0 Å². The van der Waals surface area contributed by atoms with E-state index >= 15 is 0 Å². The Morgan fingerprint density at radius 1 is 1.28 bits per heavy atom. The van der Waals surface area contributed by atoms with Gasteiger partial charge in [-0.1, -0.05) is 65.5 Å². The van der Waals surface area contributed by atoms with Crippen molar-refractivity contribution in [1.82, 2.24) is 4.90 Å². The summed E-state index contributed by atoms with van der Waals surface area (Å²) in [6, 6.07) is 0. The van der Waals surface area contributed by atoms with Crippen LogP contribution in [0, 0.1) is 11.3 Å². The first kappa shape index (κ1) is 19.5. The van der Waals surface area contributed by atoms with Crippen molar-refractivity contribution in [3.8, 4) is 0 Å². The lowest BCUT2D eigenvalue weighted by Crippen LogP contribution is -2.32. The van der Waals surface area contributed by atoms with Gasteiger partial charge in [-0.25, -0.2) is 0 Å². The van der Waals surface area contributed by atoms with Crippen LogP contribution in [0.1, 0.15) is 41.5 Å². The van der Waals surface area contributed by atoms with Gasteiger partial charge in [0.05, 0.1) is 0 Å². The first-order valence-corrected chi connectivity index (χ1v) is 6.96. The van der Waals surface area contributed by atoms with Gasteiger partial charge >= 0.3 is 0 Å². The monoisotopic (exact) mass is 251 g/mol. The molecular formula is C17H33N. The largest absolute Gasteiger partial charge is 0.309 e. The maximum Gasteiger partial charge on any atom is 0.000923 e.